The molecule has 1 atom stereocenters. The smallest absolute Gasteiger partial charge is 0.233 e. The summed E-state index contributed by atoms with van der Waals surface area (Å²) >= 11 is 7.34. The molecular weight excluding hydrogens is 384 g/mol. The van der Waals surface area contributed by atoms with Crippen molar-refractivity contribution in [1.29, 1.82) is 0 Å². The monoisotopic (exact) mass is 402 g/mol. The molecule has 8 heteroatoms. The number of hydrogen-bond acceptors (Lipinski definition) is 5. The van der Waals surface area contributed by atoms with Crippen molar-refractivity contribution in [2.24, 2.45) is 0 Å². The number of aromatic nitrogens is 3. The number of rotatable bonds is 8. The summed E-state index contributed by atoms with van der Waals surface area (Å²) in [5, 5.41) is 12.4. The number of hydrogen-bond donors (Lipinski definition) is 1. The van der Waals surface area contributed by atoms with E-state index in [2.05, 4.69) is 22.1 Å². The number of thioether (sulfide) groups is 1. The van der Waals surface area contributed by atoms with Crippen LogP contribution < -0.4 is 5.32 Å². The van der Waals surface area contributed by atoms with Gasteiger partial charge in [-0.25, -0.2) is 0 Å². The molecule has 27 heavy (non-hydrogen) atoms. The third-order valence-electron chi connectivity index (χ3n) is 3.79. The lowest BCUT2D eigenvalue weighted by molar-refractivity contribution is -0.120. The Kier molecular flexibility index (Phi) is 6.36. The Morgan fingerprint density at radius 2 is 2.15 bits per heavy atom. The first-order valence-electron chi connectivity index (χ1n) is 8.35. The van der Waals surface area contributed by atoms with Crippen LogP contribution in [0.15, 0.2) is 64.9 Å². The summed E-state index contributed by atoms with van der Waals surface area (Å²) in [4.78, 5) is 12.2. The molecule has 0 fully saturated rings. The van der Waals surface area contributed by atoms with Crippen LogP contribution in [0, 0.1) is 0 Å². The Labute approximate surface area is 166 Å². The second kappa shape index (κ2) is 8.92. The Morgan fingerprint density at radius 1 is 1.37 bits per heavy atom. The first-order valence-corrected chi connectivity index (χ1v) is 9.61. The van der Waals surface area contributed by atoms with Crippen molar-refractivity contribution in [2.75, 3.05) is 6.54 Å². The molecule has 1 amide bonds. The minimum Gasteiger partial charge on any atom is -0.467 e. The SMILES string of the molecule is C=CCNC(=O)[C@@H](C)Sc1nnc(-c2ccc(Cl)cc2)n1Cc1ccco1. The van der Waals surface area contributed by atoms with E-state index >= 15 is 0 Å². The van der Waals surface area contributed by atoms with Gasteiger partial charge in [0, 0.05) is 17.1 Å². The molecule has 6 nitrogen and oxygen atoms in total. The van der Waals surface area contributed by atoms with Crippen molar-refractivity contribution in [3.63, 3.8) is 0 Å². The first-order chi connectivity index (χ1) is 13.1. The number of benzene rings is 1. The first kappa shape index (κ1) is 19.3. The summed E-state index contributed by atoms with van der Waals surface area (Å²) in [6, 6.07) is 11.1. The van der Waals surface area contributed by atoms with Gasteiger partial charge in [0.05, 0.1) is 18.1 Å². The molecule has 0 aliphatic rings. The van der Waals surface area contributed by atoms with E-state index in [0.717, 1.165) is 11.3 Å². The largest absolute Gasteiger partial charge is 0.467 e. The third-order valence-corrected chi connectivity index (χ3v) is 5.12. The van der Waals surface area contributed by atoms with Crippen LogP contribution in [-0.2, 0) is 11.3 Å². The van der Waals surface area contributed by atoms with E-state index in [0.29, 0.717) is 29.1 Å². The fourth-order valence-corrected chi connectivity index (χ4v) is 3.42. The van der Waals surface area contributed by atoms with Gasteiger partial charge in [-0.2, -0.15) is 0 Å². The molecule has 0 bridgehead atoms. The fraction of sp³-hybridized carbons (Fsp3) is 0.211. The number of nitrogens with one attached hydrogen (secondary N) is 1. The van der Waals surface area contributed by atoms with Crippen LogP contribution in [0.5, 0.6) is 0 Å². The highest BCUT2D eigenvalue weighted by molar-refractivity contribution is 8.00. The van der Waals surface area contributed by atoms with Gasteiger partial charge in [-0.1, -0.05) is 29.4 Å². The standard InChI is InChI=1S/C19H19ClN4O2S/c1-3-10-21-18(25)13(2)27-19-23-22-17(14-6-8-15(20)9-7-14)24(19)12-16-5-4-11-26-16/h3-9,11,13H,1,10,12H2,2H3,(H,21,25)/t13-/m1/s1. The number of carbonyl (C=O) groups excluding carboxylic acids is 1. The van der Waals surface area contributed by atoms with E-state index in [4.69, 9.17) is 16.0 Å². The third kappa shape index (κ3) is 4.81. The summed E-state index contributed by atoms with van der Waals surface area (Å²) in [6.07, 6.45) is 3.27. The van der Waals surface area contributed by atoms with Crippen molar-refractivity contribution >= 4 is 29.3 Å². The Morgan fingerprint density at radius 3 is 2.81 bits per heavy atom. The van der Waals surface area contributed by atoms with Crippen LogP contribution in [0.4, 0.5) is 0 Å². The van der Waals surface area contributed by atoms with Crippen LogP contribution >= 0.6 is 23.4 Å². The highest BCUT2D eigenvalue weighted by Gasteiger charge is 2.21. The lowest BCUT2D eigenvalue weighted by Crippen LogP contribution is -2.31. The van der Waals surface area contributed by atoms with Gasteiger partial charge >= 0.3 is 0 Å². The zero-order valence-corrected chi connectivity index (χ0v) is 16.3. The predicted octanol–water partition coefficient (Wildman–Crippen LogP) is 4.02. The minimum atomic E-state index is -0.331. The predicted molar refractivity (Wildman–Crippen MR) is 107 cm³/mol. The number of halogens is 1. The minimum absolute atomic E-state index is 0.0829. The van der Waals surface area contributed by atoms with Gasteiger partial charge in [-0.15, -0.1) is 16.8 Å². The molecule has 0 aliphatic carbocycles. The molecule has 0 radical (unpaired) electrons. The molecule has 3 rings (SSSR count). The van der Waals surface area contributed by atoms with Crippen LogP contribution in [0.25, 0.3) is 11.4 Å². The van der Waals surface area contributed by atoms with Crippen LogP contribution in [0.2, 0.25) is 5.02 Å². The number of furan rings is 1. The maximum Gasteiger partial charge on any atom is 0.233 e. The highest BCUT2D eigenvalue weighted by Crippen LogP contribution is 2.28. The molecule has 1 aromatic carbocycles. The molecule has 3 aromatic rings. The Hall–Kier alpha value is -2.51. The molecule has 2 heterocycles. The van der Waals surface area contributed by atoms with E-state index in [1.165, 1.54) is 11.8 Å². The van der Waals surface area contributed by atoms with Gasteiger partial charge in [0.15, 0.2) is 11.0 Å². The van der Waals surface area contributed by atoms with Crippen molar-refractivity contribution < 1.29 is 9.21 Å². The molecule has 2 aromatic heterocycles. The molecular formula is C19H19ClN4O2S. The average Bonchev–Trinajstić information content (AvgIpc) is 3.31. The molecule has 0 saturated carbocycles. The molecule has 0 saturated heterocycles. The van der Waals surface area contributed by atoms with Crippen LogP contribution in [0.1, 0.15) is 12.7 Å². The molecule has 0 aliphatic heterocycles. The zero-order valence-electron chi connectivity index (χ0n) is 14.8. The summed E-state index contributed by atoms with van der Waals surface area (Å²) in [6.45, 7) is 6.33. The zero-order chi connectivity index (χ0) is 19.2. The van der Waals surface area contributed by atoms with Gasteiger partial charge in [-0.3, -0.25) is 9.36 Å². The van der Waals surface area contributed by atoms with Crippen molar-refractivity contribution in [3.05, 3.63) is 66.1 Å². The van der Waals surface area contributed by atoms with Gasteiger partial charge in [-0.05, 0) is 43.3 Å². The lowest BCUT2D eigenvalue weighted by atomic mass is 10.2. The van der Waals surface area contributed by atoms with Gasteiger partial charge in [0.25, 0.3) is 0 Å². The molecule has 0 unspecified atom stereocenters. The topological polar surface area (TPSA) is 73.0 Å². The summed E-state index contributed by atoms with van der Waals surface area (Å²) < 4.78 is 7.41. The van der Waals surface area contributed by atoms with E-state index in [-0.39, 0.29) is 11.2 Å². The maximum atomic E-state index is 12.2. The maximum absolute atomic E-state index is 12.2. The summed E-state index contributed by atoms with van der Waals surface area (Å²) in [5.74, 6) is 1.38. The number of amides is 1. The second-order valence-electron chi connectivity index (χ2n) is 5.77. The fourth-order valence-electron chi connectivity index (χ4n) is 2.42. The molecule has 140 valence electrons. The number of carbonyl (C=O) groups is 1. The van der Waals surface area contributed by atoms with Gasteiger partial charge in [0.1, 0.15) is 5.76 Å². The average molecular weight is 403 g/mol. The number of nitrogens with zero attached hydrogens (tertiary/aromatic N) is 3. The Balaban J connectivity index is 1.90. The summed E-state index contributed by atoms with van der Waals surface area (Å²) in [7, 11) is 0. The van der Waals surface area contributed by atoms with Gasteiger partial charge < -0.3 is 9.73 Å². The van der Waals surface area contributed by atoms with Crippen molar-refractivity contribution in [2.45, 2.75) is 23.9 Å². The van der Waals surface area contributed by atoms with E-state index in [1.54, 1.807) is 24.5 Å². The van der Waals surface area contributed by atoms with Crippen molar-refractivity contribution in [3.8, 4) is 11.4 Å². The Bertz CT molecular complexity index is 906. The van der Waals surface area contributed by atoms with E-state index < -0.39 is 0 Å². The van der Waals surface area contributed by atoms with Gasteiger partial charge in [0.2, 0.25) is 5.91 Å². The lowest BCUT2D eigenvalue weighted by Gasteiger charge is -2.12. The van der Waals surface area contributed by atoms with Crippen LogP contribution in [-0.4, -0.2) is 32.5 Å². The normalized spacial score (nSPS) is 11.9. The quantitative estimate of drug-likeness (QED) is 0.455. The van der Waals surface area contributed by atoms with E-state index in [9.17, 15) is 4.79 Å². The van der Waals surface area contributed by atoms with Crippen molar-refractivity contribution in [1.82, 2.24) is 20.1 Å². The molecule has 0 spiro atoms. The van der Waals surface area contributed by atoms with Crippen LogP contribution in [0.3, 0.4) is 0 Å². The van der Waals surface area contributed by atoms with E-state index in [1.807, 2.05) is 35.8 Å². The second-order valence-corrected chi connectivity index (χ2v) is 7.52. The summed E-state index contributed by atoms with van der Waals surface area (Å²) in [5.41, 5.74) is 0.883. The molecule has 1 N–H and O–H groups in total. The highest BCUT2D eigenvalue weighted by atomic mass is 35.5.